The second-order valence-electron chi connectivity index (χ2n) is 6.37. The summed E-state index contributed by atoms with van der Waals surface area (Å²) in [6.07, 6.45) is 3.99. The first-order valence-corrected chi connectivity index (χ1v) is 8.53. The summed E-state index contributed by atoms with van der Waals surface area (Å²) in [4.78, 5) is 19.0. The molecular formula is C20H12F5N3O. The van der Waals surface area contributed by atoms with Crippen molar-refractivity contribution in [1.29, 1.82) is 0 Å². The van der Waals surface area contributed by atoms with Crippen molar-refractivity contribution in [2.45, 2.75) is 6.42 Å². The van der Waals surface area contributed by atoms with Crippen molar-refractivity contribution in [3.05, 3.63) is 76.0 Å². The molecule has 0 spiro atoms. The molecule has 9 heteroatoms. The summed E-state index contributed by atoms with van der Waals surface area (Å²) in [6.45, 7) is 0.526. The number of fused-ring (bicyclic) bond motifs is 1. The Morgan fingerprint density at radius 2 is 1.62 bits per heavy atom. The van der Waals surface area contributed by atoms with E-state index in [1.165, 1.54) is 6.20 Å². The Morgan fingerprint density at radius 3 is 2.31 bits per heavy atom. The molecule has 3 heterocycles. The van der Waals surface area contributed by atoms with E-state index in [1.54, 1.807) is 18.2 Å². The van der Waals surface area contributed by atoms with Gasteiger partial charge in [-0.1, -0.05) is 0 Å². The molecule has 29 heavy (non-hydrogen) atoms. The van der Waals surface area contributed by atoms with Crippen LogP contribution in [0.15, 0.2) is 24.4 Å². The number of nitrogens with one attached hydrogen (secondary N) is 2. The van der Waals surface area contributed by atoms with Crippen molar-refractivity contribution in [1.82, 2.24) is 15.3 Å². The van der Waals surface area contributed by atoms with Gasteiger partial charge in [0.25, 0.3) is 5.91 Å². The first-order chi connectivity index (χ1) is 13.9. The topological polar surface area (TPSA) is 57.8 Å². The second-order valence-corrected chi connectivity index (χ2v) is 6.37. The van der Waals surface area contributed by atoms with Crippen LogP contribution in [-0.2, 0) is 6.42 Å². The van der Waals surface area contributed by atoms with Gasteiger partial charge >= 0.3 is 0 Å². The third-order valence-electron chi connectivity index (χ3n) is 4.56. The molecule has 1 aromatic carbocycles. The van der Waals surface area contributed by atoms with Crippen LogP contribution in [0.25, 0.3) is 23.4 Å². The number of carbonyl (C=O) groups is 1. The quantitative estimate of drug-likeness (QED) is 0.389. The van der Waals surface area contributed by atoms with Gasteiger partial charge in [0.15, 0.2) is 23.3 Å². The van der Waals surface area contributed by atoms with Crippen LogP contribution in [-0.4, -0.2) is 22.4 Å². The molecule has 1 aliphatic rings. The average Bonchev–Trinajstić information content (AvgIpc) is 3.17. The fourth-order valence-electron chi connectivity index (χ4n) is 3.09. The summed E-state index contributed by atoms with van der Waals surface area (Å²) in [6, 6.07) is 4.89. The van der Waals surface area contributed by atoms with Crippen molar-refractivity contribution in [2.24, 2.45) is 0 Å². The molecule has 0 aliphatic carbocycles. The summed E-state index contributed by atoms with van der Waals surface area (Å²) in [5, 5.41) is 2.74. The molecule has 0 bridgehead atoms. The van der Waals surface area contributed by atoms with Gasteiger partial charge in [-0.2, -0.15) is 0 Å². The predicted molar refractivity (Wildman–Crippen MR) is 95.2 cm³/mol. The molecule has 3 aromatic rings. The molecule has 0 atom stereocenters. The van der Waals surface area contributed by atoms with Crippen LogP contribution >= 0.6 is 0 Å². The Morgan fingerprint density at radius 1 is 0.931 bits per heavy atom. The third-order valence-corrected chi connectivity index (χ3v) is 4.56. The SMILES string of the molecule is O=C1NCCc2[nH]c(-c3ccnc(/C=C/c4c(F)c(F)c(F)c(F)c4F)c3)cc21. The maximum Gasteiger partial charge on any atom is 0.253 e. The Kier molecular flexibility index (Phi) is 4.65. The smallest absolute Gasteiger partial charge is 0.253 e. The van der Waals surface area contributed by atoms with Crippen molar-refractivity contribution >= 4 is 18.1 Å². The molecule has 2 N–H and O–H groups in total. The van der Waals surface area contributed by atoms with Gasteiger partial charge < -0.3 is 10.3 Å². The van der Waals surface area contributed by atoms with Crippen molar-refractivity contribution in [2.75, 3.05) is 6.54 Å². The molecule has 0 saturated heterocycles. The lowest BCUT2D eigenvalue weighted by Gasteiger charge is -2.10. The Balaban J connectivity index is 1.68. The highest BCUT2D eigenvalue weighted by Gasteiger charge is 2.24. The molecule has 0 radical (unpaired) electrons. The molecule has 0 unspecified atom stereocenters. The van der Waals surface area contributed by atoms with Gasteiger partial charge in [0.05, 0.1) is 16.8 Å². The van der Waals surface area contributed by atoms with E-state index in [4.69, 9.17) is 0 Å². The zero-order valence-corrected chi connectivity index (χ0v) is 14.6. The zero-order chi connectivity index (χ0) is 20.7. The van der Waals surface area contributed by atoms with Crippen LogP contribution in [0.4, 0.5) is 22.0 Å². The number of aromatic nitrogens is 2. The molecule has 0 saturated carbocycles. The lowest BCUT2D eigenvalue weighted by molar-refractivity contribution is 0.0946. The van der Waals surface area contributed by atoms with E-state index in [1.807, 2.05) is 0 Å². The number of hydrogen-bond donors (Lipinski definition) is 2. The number of pyridine rings is 1. The second kappa shape index (κ2) is 7.16. The Labute approximate surface area is 161 Å². The summed E-state index contributed by atoms with van der Waals surface area (Å²) < 4.78 is 67.3. The van der Waals surface area contributed by atoms with E-state index in [-0.39, 0.29) is 11.6 Å². The first kappa shape index (κ1) is 18.9. The van der Waals surface area contributed by atoms with E-state index in [0.29, 0.717) is 29.8 Å². The van der Waals surface area contributed by atoms with E-state index in [0.717, 1.165) is 17.8 Å². The Bertz CT molecular complexity index is 1140. The van der Waals surface area contributed by atoms with Crippen molar-refractivity contribution < 1.29 is 26.7 Å². The highest BCUT2D eigenvalue weighted by Crippen LogP contribution is 2.26. The molecule has 1 aliphatic heterocycles. The summed E-state index contributed by atoms with van der Waals surface area (Å²) in [7, 11) is 0. The summed E-state index contributed by atoms with van der Waals surface area (Å²) in [5.41, 5.74) is 1.77. The molecular weight excluding hydrogens is 393 g/mol. The Hall–Kier alpha value is -3.49. The minimum absolute atomic E-state index is 0.186. The number of H-pyrrole nitrogens is 1. The minimum atomic E-state index is -2.21. The predicted octanol–water partition coefficient (Wildman–Crippen LogP) is 4.23. The van der Waals surface area contributed by atoms with E-state index >= 15 is 0 Å². The number of rotatable bonds is 3. The van der Waals surface area contributed by atoms with Crippen molar-refractivity contribution in [3.63, 3.8) is 0 Å². The van der Waals surface area contributed by atoms with Crippen LogP contribution < -0.4 is 5.32 Å². The standard InChI is InChI=1S/C20H12F5N3O/c21-15-11(16(22)18(24)19(25)17(15)23)2-1-10-7-9(3-5-26-10)14-8-12-13(28-14)4-6-27-20(12)29/h1-3,5,7-8,28H,4,6H2,(H,27,29)/b2-1+. The van der Waals surface area contributed by atoms with Gasteiger partial charge in [0, 0.05) is 36.1 Å². The van der Waals surface area contributed by atoms with Gasteiger partial charge in [-0.15, -0.1) is 0 Å². The fourth-order valence-corrected chi connectivity index (χ4v) is 3.09. The number of hydrogen-bond acceptors (Lipinski definition) is 2. The molecule has 148 valence electrons. The molecule has 0 fully saturated rings. The van der Waals surface area contributed by atoms with Gasteiger partial charge in [-0.3, -0.25) is 9.78 Å². The highest BCUT2D eigenvalue weighted by atomic mass is 19.2. The highest BCUT2D eigenvalue weighted by molar-refractivity contribution is 5.97. The number of carbonyl (C=O) groups excluding carboxylic acids is 1. The minimum Gasteiger partial charge on any atom is -0.358 e. The monoisotopic (exact) mass is 405 g/mol. The van der Waals surface area contributed by atoms with Crippen LogP contribution in [0.1, 0.15) is 27.3 Å². The first-order valence-electron chi connectivity index (χ1n) is 8.53. The van der Waals surface area contributed by atoms with Crippen LogP contribution in [0, 0.1) is 29.1 Å². The number of halogens is 5. The number of benzene rings is 1. The number of nitrogens with zero attached hydrogens (tertiary/aromatic N) is 1. The molecule has 1 amide bonds. The largest absolute Gasteiger partial charge is 0.358 e. The van der Waals surface area contributed by atoms with Crippen LogP contribution in [0.2, 0.25) is 0 Å². The number of amides is 1. The summed E-state index contributed by atoms with van der Waals surface area (Å²) >= 11 is 0. The maximum atomic E-state index is 13.8. The lowest BCUT2D eigenvalue weighted by atomic mass is 10.1. The maximum absolute atomic E-state index is 13.8. The molecule has 4 rings (SSSR count). The van der Waals surface area contributed by atoms with Crippen molar-refractivity contribution in [3.8, 4) is 11.3 Å². The third kappa shape index (κ3) is 3.28. The zero-order valence-electron chi connectivity index (χ0n) is 14.6. The average molecular weight is 405 g/mol. The van der Waals surface area contributed by atoms with Gasteiger partial charge in [0.2, 0.25) is 5.82 Å². The van der Waals surface area contributed by atoms with Gasteiger partial charge in [-0.25, -0.2) is 22.0 Å². The van der Waals surface area contributed by atoms with E-state index < -0.39 is 34.6 Å². The number of aromatic amines is 1. The molecule has 4 nitrogen and oxygen atoms in total. The molecule has 2 aromatic heterocycles. The lowest BCUT2D eigenvalue weighted by Crippen LogP contribution is -2.31. The van der Waals surface area contributed by atoms with Crippen LogP contribution in [0.5, 0.6) is 0 Å². The van der Waals surface area contributed by atoms with E-state index in [2.05, 4.69) is 15.3 Å². The van der Waals surface area contributed by atoms with Gasteiger partial charge in [0.1, 0.15) is 0 Å². The summed E-state index contributed by atoms with van der Waals surface area (Å²) in [5.74, 6) is -10.3. The fraction of sp³-hybridized carbons (Fsp3) is 0.100. The van der Waals surface area contributed by atoms with Gasteiger partial charge in [-0.05, 0) is 30.4 Å². The normalized spacial score (nSPS) is 13.6. The van der Waals surface area contributed by atoms with E-state index in [9.17, 15) is 26.7 Å². The van der Waals surface area contributed by atoms with Crippen LogP contribution in [0.3, 0.4) is 0 Å².